The van der Waals surface area contributed by atoms with Crippen LogP contribution in [-0.4, -0.2) is 47.2 Å². The molecule has 1 aromatic carbocycles. The number of carbonyl (C=O) groups excluding carboxylic acids is 1. The summed E-state index contributed by atoms with van der Waals surface area (Å²) in [6.45, 7) is 2.42. The highest BCUT2D eigenvalue weighted by molar-refractivity contribution is 5.93. The maximum Gasteiger partial charge on any atom is 0.289 e. The molecule has 1 amide bonds. The summed E-state index contributed by atoms with van der Waals surface area (Å²) < 4.78 is 5.68. The monoisotopic (exact) mass is 376 g/mol. The Labute approximate surface area is 161 Å². The Morgan fingerprint density at radius 1 is 1.00 bits per heavy atom. The average molecular weight is 376 g/mol. The van der Waals surface area contributed by atoms with E-state index >= 15 is 0 Å². The smallest absolute Gasteiger partial charge is 0.289 e. The predicted octanol–water partition coefficient (Wildman–Crippen LogP) is 2.42. The molecule has 0 radical (unpaired) electrons. The number of para-hydroxylation sites is 1. The van der Waals surface area contributed by atoms with E-state index in [-0.39, 0.29) is 17.1 Å². The Hall–Kier alpha value is -3.22. The summed E-state index contributed by atoms with van der Waals surface area (Å²) in [5.74, 6) is 1.27. The molecule has 1 aliphatic heterocycles. The molecule has 0 atom stereocenters. The van der Waals surface area contributed by atoms with Gasteiger partial charge in [-0.3, -0.25) is 9.59 Å². The molecule has 7 heteroatoms. The first kappa shape index (κ1) is 16.9. The first-order chi connectivity index (χ1) is 13.7. The van der Waals surface area contributed by atoms with Crippen molar-refractivity contribution in [2.45, 2.75) is 18.8 Å². The van der Waals surface area contributed by atoms with Gasteiger partial charge >= 0.3 is 0 Å². The number of carbonyl (C=O) groups is 1. The van der Waals surface area contributed by atoms with Crippen LogP contribution in [0.15, 0.2) is 51.7 Å². The van der Waals surface area contributed by atoms with E-state index in [1.807, 2.05) is 6.07 Å². The summed E-state index contributed by atoms with van der Waals surface area (Å²) in [5, 5.41) is 9.17. The minimum atomic E-state index is -0.252. The third-order valence-electron chi connectivity index (χ3n) is 5.40. The van der Waals surface area contributed by atoms with Crippen LogP contribution in [0, 0.1) is 0 Å². The van der Waals surface area contributed by atoms with Crippen LogP contribution in [0.4, 0.5) is 5.82 Å². The molecule has 5 rings (SSSR count). The molecule has 2 aliphatic rings. The number of hydrogen-bond acceptors (Lipinski definition) is 6. The first-order valence-corrected chi connectivity index (χ1v) is 9.60. The van der Waals surface area contributed by atoms with Gasteiger partial charge in [0.25, 0.3) is 5.91 Å². The Morgan fingerprint density at radius 3 is 2.50 bits per heavy atom. The lowest BCUT2D eigenvalue weighted by atomic mass is 10.2. The number of fused-ring (bicyclic) bond motifs is 1. The number of anilines is 1. The Kier molecular flexibility index (Phi) is 4.07. The average Bonchev–Trinajstić information content (AvgIpc) is 3.59. The van der Waals surface area contributed by atoms with E-state index in [0.29, 0.717) is 43.1 Å². The van der Waals surface area contributed by atoms with Gasteiger partial charge in [-0.05, 0) is 37.1 Å². The Morgan fingerprint density at radius 2 is 1.79 bits per heavy atom. The van der Waals surface area contributed by atoms with Gasteiger partial charge in [0.1, 0.15) is 5.58 Å². The lowest BCUT2D eigenvalue weighted by molar-refractivity contribution is 0.0715. The second-order valence-electron chi connectivity index (χ2n) is 7.34. The van der Waals surface area contributed by atoms with Gasteiger partial charge in [-0.1, -0.05) is 12.1 Å². The maximum absolute atomic E-state index is 12.8. The third-order valence-corrected chi connectivity index (χ3v) is 5.40. The summed E-state index contributed by atoms with van der Waals surface area (Å²) in [6, 6.07) is 12.3. The van der Waals surface area contributed by atoms with Gasteiger partial charge < -0.3 is 14.2 Å². The lowest BCUT2D eigenvalue weighted by Gasteiger charge is -2.34. The predicted molar refractivity (Wildman–Crippen MR) is 105 cm³/mol. The van der Waals surface area contributed by atoms with Crippen LogP contribution < -0.4 is 10.3 Å². The van der Waals surface area contributed by atoms with Crippen molar-refractivity contribution in [3.05, 3.63) is 64.1 Å². The third kappa shape index (κ3) is 3.13. The minimum Gasteiger partial charge on any atom is -0.451 e. The van der Waals surface area contributed by atoms with E-state index < -0.39 is 0 Å². The number of amides is 1. The number of rotatable bonds is 3. The fraction of sp³-hybridized carbons (Fsp3) is 0.333. The first-order valence-electron chi connectivity index (χ1n) is 9.60. The maximum atomic E-state index is 12.8. The van der Waals surface area contributed by atoms with Crippen LogP contribution in [0.5, 0.6) is 0 Å². The molecule has 3 heterocycles. The summed E-state index contributed by atoms with van der Waals surface area (Å²) in [7, 11) is 0. The zero-order valence-corrected chi connectivity index (χ0v) is 15.4. The highest BCUT2D eigenvalue weighted by Gasteiger charge is 2.27. The van der Waals surface area contributed by atoms with Gasteiger partial charge in [-0.25, -0.2) is 0 Å². The van der Waals surface area contributed by atoms with Crippen LogP contribution in [0.2, 0.25) is 0 Å². The second kappa shape index (κ2) is 6.74. The number of hydrogen-bond donors (Lipinski definition) is 0. The van der Waals surface area contributed by atoms with E-state index in [1.165, 1.54) is 18.9 Å². The zero-order valence-electron chi connectivity index (χ0n) is 15.4. The van der Waals surface area contributed by atoms with Gasteiger partial charge in [-0.15, -0.1) is 5.10 Å². The number of benzene rings is 1. The van der Waals surface area contributed by atoms with Crippen LogP contribution in [0.3, 0.4) is 0 Å². The highest BCUT2D eigenvalue weighted by Crippen LogP contribution is 2.38. The van der Waals surface area contributed by atoms with Gasteiger partial charge in [0.2, 0.25) is 0 Å². The molecule has 0 spiro atoms. The molecule has 0 unspecified atom stereocenters. The van der Waals surface area contributed by atoms with Crippen molar-refractivity contribution >= 4 is 22.7 Å². The van der Waals surface area contributed by atoms with Crippen LogP contribution in [0.1, 0.15) is 35.0 Å². The molecule has 2 aromatic heterocycles. The normalized spacial score (nSPS) is 17.1. The van der Waals surface area contributed by atoms with Crippen molar-refractivity contribution in [3.63, 3.8) is 0 Å². The van der Waals surface area contributed by atoms with E-state index in [9.17, 15) is 9.59 Å². The molecule has 7 nitrogen and oxygen atoms in total. The summed E-state index contributed by atoms with van der Waals surface area (Å²) in [4.78, 5) is 28.9. The molecule has 142 valence electrons. The van der Waals surface area contributed by atoms with E-state index in [2.05, 4.69) is 21.2 Å². The van der Waals surface area contributed by atoms with E-state index in [1.54, 1.807) is 29.2 Å². The van der Waals surface area contributed by atoms with Crippen molar-refractivity contribution in [1.82, 2.24) is 15.1 Å². The molecule has 3 aromatic rings. The molecule has 1 saturated carbocycles. The lowest BCUT2D eigenvalue weighted by Crippen LogP contribution is -2.49. The van der Waals surface area contributed by atoms with Crippen LogP contribution in [0.25, 0.3) is 11.0 Å². The quantitative estimate of drug-likeness (QED) is 0.698. The van der Waals surface area contributed by atoms with Crippen molar-refractivity contribution in [1.29, 1.82) is 0 Å². The molecule has 0 bridgehead atoms. The largest absolute Gasteiger partial charge is 0.451 e. The van der Waals surface area contributed by atoms with Gasteiger partial charge in [0.05, 0.1) is 11.1 Å². The minimum absolute atomic E-state index is 0.0886. The molecule has 2 fully saturated rings. The summed E-state index contributed by atoms with van der Waals surface area (Å²) in [6.07, 6.45) is 2.42. The number of aromatic nitrogens is 2. The Bertz CT molecular complexity index is 1080. The molecule has 1 saturated heterocycles. The van der Waals surface area contributed by atoms with Gasteiger partial charge in [0.15, 0.2) is 17.0 Å². The number of nitrogens with zero attached hydrogens (tertiary/aromatic N) is 4. The van der Waals surface area contributed by atoms with E-state index in [4.69, 9.17) is 4.42 Å². The number of piperazine rings is 1. The topological polar surface area (TPSA) is 79.5 Å². The summed E-state index contributed by atoms with van der Waals surface area (Å²) >= 11 is 0. The SMILES string of the molecule is O=C(c1cc(=O)c2ccccc2o1)N1CCN(c2ccc(C3CC3)nn2)CC1. The van der Waals surface area contributed by atoms with Crippen molar-refractivity contribution < 1.29 is 9.21 Å². The molecular formula is C21H20N4O3. The summed E-state index contributed by atoms with van der Waals surface area (Å²) in [5.41, 5.74) is 1.31. The molecule has 0 N–H and O–H groups in total. The van der Waals surface area contributed by atoms with Crippen molar-refractivity contribution in [2.24, 2.45) is 0 Å². The van der Waals surface area contributed by atoms with E-state index in [0.717, 1.165) is 11.5 Å². The fourth-order valence-electron chi connectivity index (χ4n) is 3.60. The standard InChI is InChI=1S/C21H20N4O3/c26-17-13-19(28-18-4-2-1-3-15(17)18)21(27)25-11-9-24(10-12-25)20-8-7-16(22-23-20)14-5-6-14/h1-4,7-8,13-14H,5-6,9-12H2. The molecule has 28 heavy (non-hydrogen) atoms. The van der Waals surface area contributed by atoms with Crippen molar-refractivity contribution in [3.8, 4) is 0 Å². The second-order valence-corrected chi connectivity index (χ2v) is 7.34. The molecule has 1 aliphatic carbocycles. The van der Waals surface area contributed by atoms with Crippen molar-refractivity contribution in [2.75, 3.05) is 31.1 Å². The van der Waals surface area contributed by atoms with Gasteiger partial charge in [-0.2, -0.15) is 5.10 Å². The van der Waals surface area contributed by atoms with Gasteiger partial charge in [0, 0.05) is 38.2 Å². The fourth-order valence-corrected chi connectivity index (χ4v) is 3.60. The zero-order chi connectivity index (χ0) is 19.1. The Balaban J connectivity index is 1.28. The van der Waals surface area contributed by atoms with Crippen LogP contribution >= 0.6 is 0 Å². The molecular weight excluding hydrogens is 356 g/mol. The van der Waals surface area contributed by atoms with Crippen LogP contribution in [-0.2, 0) is 0 Å². The highest BCUT2D eigenvalue weighted by atomic mass is 16.3.